The van der Waals surface area contributed by atoms with Crippen LogP contribution in [0.1, 0.15) is 17.3 Å². The fourth-order valence-corrected chi connectivity index (χ4v) is 2.76. The zero-order chi connectivity index (χ0) is 14.1. The summed E-state index contributed by atoms with van der Waals surface area (Å²) in [7, 11) is 0. The molecule has 98 valence electrons. The molecule has 0 radical (unpaired) electrons. The van der Waals surface area contributed by atoms with Gasteiger partial charge < -0.3 is 0 Å². The lowest BCUT2D eigenvalue weighted by Crippen LogP contribution is -1.93. The van der Waals surface area contributed by atoms with Gasteiger partial charge in [-0.2, -0.15) is 0 Å². The molecular formula is C18H13ClO. The average Bonchev–Trinajstić information content (AvgIpc) is 2.46. The summed E-state index contributed by atoms with van der Waals surface area (Å²) in [4.78, 5) is 11.4. The van der Waals surface area contributed by atoms with E-state index in [1.54, 1.807) is 6.07 Å². The van der Waals surface area contributed by atoms with E-state index in [1.165, 1.54) is 17.7 Å². The van der Waals surface area contributed by atoms with Crippen LogP contribution in [-0.4, -0.2) is 5.78 Å². The number of hydrogen-bond donors (Lipinski definition) is 0. The highest BCUT2D eigenvalue weighted by atomic mass is 35.5. The summed E-state index contributed by atoms with van der Waals surface area (Å²) in [6, 6.07) is 20.0. The molecular weight excluding hydrogens is 268 g/mol. The number of hydrogen-bond acceptors (Lipinski definition) is 1. The Morgan fingerprint density at radius 2 is 1.70 bits per heavy atom. The summed E-state index contributed by atoms with van der Waals surface area (Å²) in [5.74, 6) is -0.0144. The number of ketones is 1. The predicted molar refractivity (Wildman–Crippen MR) is 84.4 cm³/mol. The molecule has 0 atom stereocenters. The van der Waals surface area contributed by atoms with Crippen LogP contribution < -0.4 is 0 Å². The first-order valence-corrected chi connectivity index (χ1v) is 6.83. The van der Waals surface area contributed by atoms with E-state index in [9.17, 15) is 4.79 Å². The average molecular weight is 281 g/mol. The van der Waals surface area contributed by atoms with Crippen molar-refractivity contribution in [2.45, 2.75) is 6.92 Å². The summed E-state index contributed by atoms with van der Waals surface area (Å²) in [5, 5.41) is 2.88. The second-order valence-corrected chi connectivity index (χ2v) is 5.18. The molecule has 0 aliphatic rings. The first-order valence-electron chi connectivity index (χ1n) is 6.45. The summed E-state index contributed by atoms with van der Waals surface area (Å²) < 4.78 is 0. The highest BCUT2D eigenvalue weighted by Crippen LogP contribution is 2.31. The van der Waals surface area contributed by atoms with Crippen LogP contribution in [0.3, 0.4) is 0 Å². The number of fused-ring (bicyclic) bond motifs is 1. The maximum absolute atomic E-state index is 11.4. The third-order valence-electron chi connectivity index (χ3n) is 3.45. The molecule has 0 unspecified atom stereocenters. The van der Waals surface area contributed by atoms with Crippen molar-refractivity contribution in [2.75, 3.05) is 0 Å². The van der Waals surface area contributed by atoms with Crippen molar-refractivity contribution in [1.82, 2.24) is 0 Å². The van der Waals surface area contributed by atoms with Crippen molar-refractivity contribution in [3.8, 4) is 11.1 Å². The normalized spacial score (nSPS) is 10.7. The zero-order valence-corrected chi connectivity index (χ0v) is 11.8. The standard InChI is InChI=1S/C18H13ClO/c1-12(20)15-10-9-14(11-18(15)19)17-8-4-6-13-5-2-3-7-16(13)17/h2-11H,1H3. The van der Waals surface area contributed by atoms with Crippen LogP contribution in [0.2, 0.25) is 5.02 Å². The van der Waals surface area contributed by atoms with Crippen LogP contribution in [0.4, 0.5) is 0 Å². The van der Waals surface area contributed by atoms with Gasteiger partial charge in [0.1, 0.15) is 0 Å². The van der Waals surface area contributed by atoms with Gasteiger partial charge in [0.2, 0.25) is 0 Å². The Morgan fingerprint density at radius 1 is 0.950 bits per heavy atom. The van der Waals surface area contributed by atoms with Crippen LogP contribution in [0.5, 0.6) is 0 Å². The quantitative estimate of drug-likeness (QED) is 0.577. The molecule has 0 bridgehead atoms. The first-order chi connectivity index (χ1) is 9.66. The van der Waals surface area contributed by atoms with Gasteiger partial charge in [0.05, 0.1) is 5.02 Å². The van der Waals surface area contributed by atoms with Gasteiger partial charge in [0, 0.05) is 5.56 Å². The summed E-state index contributed by atoms with van der Waals surface area (Å²) in [6.45, 7) is 1.53. The lowest BCUT2D eigenvalue weighted by molar-refractivity contribution is 0.101. The van der Waals surface area contributed by atoms with Crippen molar-refractivity contribution >= 4 is 28.2 Å². The van der Waals surface area contributed by atoms with Crippen LogP contribution >= 0.6 is 11.6 Å². The van der Waals surface area contributed by atoms with E-state index in [0.29, 0.717) is 10.6 Å². The van der Waals surface area contributed by atoms with Gasteiger partial charge in [-0.1, -0.05) is 60.1 Å². The minimum Gasteiger partial charge on any atom is -0.294 e. The van der Waals surface area contributed by atoms with Crippen molar-refractivity contribution in [3.05, 3.63) is 71.2 Å². The molecule has 0 heterocycles. The third kappa shape index (κ3) is 2.21. The van der Waals surface area contributed by atoms with Crippen LogP contribution in [0.15, 0.2) is 60.7 Å². The SMILES string of the molecule is CC(=O)c1ccc(-c2cccc3ccccc23)cc1Cl. The number of rotatable bonds is 2. The van der Waals surface area contributed by atoms with E-state index in [1.807, 2.05) is 30.3 Å². The predicted octanol–water partition coefficient (Wildman–Crippen LogP) is 5.36. The van der Waals surface area contributed by atoms with E-state index in [-0.39, 0.29) is 5.78 Å². The summed E-state index contributed by atoms with van der Waals surface area (Å²) in [6.07, 6.45) is 0. The topological polar surface area (TPSA) is 17.1 Å². The molecule has 0 amide bonds. The van der Waals surface area contributed by atoms with E-state index in [4.69, 9.17) is 11.6 Å². The third-order valence-corrected chi connectivity index (χ3v) is 3.76. The van der Waals surface area contributed by atoms with Crippen molar-refractivity contribution in [3.63, 3.8) is 0 Å². The Morgan fingerprint density at radius 3 is 2.45 bits per heavy atom. The molecule has 0 aliphatic carbocycles. The summed E-state index contributed by atoms with van der Waals surface area (Å²) in [5.41, 5.74) is 2.72. The van der Waals surface area contributed by atoms with Gasteiger partial charge >= 0.3 is 0 Å². The fourth-order valence-electron chi connectivity index (χ4n) is 2.45. The number of Topliss-reactive ketones (excluding diaryl/α,β-unsaturated/α-hetero) is 1. The molecule has 3 aromatic carbocycles. The van der Waals surface area contributed by atoms with Gasteiger partial charge in [-0.25, -0.2) is 0 Å². The fraction of sp³-hybridized carbons (Fsp3) is 0.0556. The molecule has 0 saturated heterocycles. The smallest absolute Gasteiger partial charge is 0.161 e. The van der Waals surface area contributed by atoms with Crippen molar-refractivity contribution in [2.24, 2.45) is 0 Å². The lowest BCUT2D eigenvalue weighted by atomic mass is 9.97. The molecule has 3 rings (SSSR count). The Bertz CT molecular complexity index is 800. The Balaban J connectivity index is 2.21. The molecule has 0 N–H and O–H groups in total. The van der Waals surface area contributed by atoms with E-state index < -0.39 is 0 Å². The zero-order valence-electron chi connectivity index (χ0n) is 11.1. The Hall–Kier alpha value is -2.12. The van der Waals surface area contributed by atoms with Gasteiger partial charge in [0.15, 0.2) is 5.78 Å². The molecule has 0 saturated carbocycles. The molecule has 2 heteroatoms. The van der Waals surface area contributed by atoms with E-state index in [2.05, 4.69) is 24.3 Å². The number of carbonyl (C=O) groups excluding carboxylic acids is 1. The van der Waals surface area contributed by atoms with E-state index in [0.717, 1.165) is 11.1 Å². The lowest BCUT2D eigenvalue weighted by Gasteiger charge is -2.08. The molecule has 1 nitrogen and oxygen atoms in total. The van der Waals surface area contributed by atoms with Crippen LogP contribution in [0, 0.1) is 0 Å². The minimum absolute atomic E-state index is 0.0144. The molecule has 0 aromatic heterocycles. The number of benzene rings is 3. The molecule has 20 heavy (non-hydrogen) atoms. The second kappa shape index (κ2) is 5.10. The maximum Gasteiger partial charge on any atom is 0.161 e. The number of carbonyl (C=O) groups is 1. The van der Waals surface area contributed by atoms with Crippen molar-refractivity contribution < 1.29 is 4.79 Å². The maximum atomic E-state index is 11.4. The monoisotopic (exact) mass is 280 g/mol. The molecule has 0 spiro atoms. The molecule has 0 aliphatic heterocycles. The molecule has 0 fully saturated rings. The van der Waals surface area contributed by atoms with Crippen molar-refractivity contribution in [1.29, 1.82) is 0 Å². The van der Waals surface area contributed by atoms with Gasteiger partial charge in [-0.15, -0.1) is 0 Å². The van der Waals surface area contributed by atoms with Crippen LogP contribution in [-0.2, 0) is 0 Å². The summed E-state index contributed by atoms with van der Waals surface area (Å²) >= 11 is 6.20. The van der Waals surface area contributed by atoms with Gasteiger partial charge in [-0.05, 0) is 41.0 Å². The Labute approximate surface area is 122 Å². The molecule has 3 aromatic rings. The van der Waals surface area contributed by atoms with Gasteiger partial charge in [-0.3, -0.25) is 4.79 Å². The highest BCUT2D eigenvalue weighted by Gasteiger charge is 2.09. The number of halogens is 1. The van der Waals surface area contributed by atoms with Gasteiger partial charge in [0.25, 0.3) is 0 Å². The highest BCUT2D eigenvalue weighted by molar-refractivity contribution is 6.34. The largest absolute Gasteiger partial charge is 0.294 e. The first kappa shape index (κ1) is 12.9. The van der Waals surface area contributed by atoms with Crippen LogP contribution in [0.25, 0.3) is 21.9 Å². The Kier molecular flexibility index (Phi) is 3.29. The minimum atomic E-state index is -0.0144. The second-order valence-electron chi connectivity index (χ2n) is 4.78. The van der Waals surface area contributed by atoms with E-state index >= 15 is 0 Å².